The fourth-order valence-electron chi connectivity index (χ4n) is 3.89. The van der Waals surface area contributed by atoms with E-state index in [4.69, 9.17) is 4.42 Å². The lowest BCUT2D eigenvalue weighted by atomic mass is 9.99. The van der Waals surface area contributed by atoms with E-state index >= 15 is 0 Å². The van der Waals surface area contributed by atoms with Gasteiger partial charge >= 0.3 is 0 Å². The van der Waals surface area contributed by atoms with Crippen molar-refractivity contribution >= 4 is 5.91 Å². The minimum Gasteiger partial charge on any atom is -0.463 e. The number of aromatic nitrogens is 1. The molecule has 2 N–H and O–H groups in total. The maximum absolute atomic E-state index is 12.5. The lowest BCUT2D eigenvalue weighted by molar-refractivity contribution is 0.0914. The predicted molar refractivity (Wildman–Crippen MR) is 89.8 cm³/mol. The number of carbonyl (C=O) groups is 1. The number of nitrogens with one attached hydrogen (secondary N) is 2. The Bertz CT molecular complexity index is 781. The first-order chi connectivity index (χ1) is 11.7. The molecule has 0 aromatic carbocycles. The van der Waals surface area contributed by atoms with Crippen LogP contribution in [0.5, 0.6) is 0 Å². The second kappa shape index (κ2) is 6.28. The molecule has 2 aliphatic rings. The molecule has 24 heavy (non-hydrogen) atoms. The lowest BCUT2D eigenvalue weighted by Crippen LogP contribution is -2.47. The molecule has 4 rings (SSSR count). The van der Waals surface area contributed by atoms with Crippen LogP contribution in [0.2, 0.25) is 0 Å². The first-order valence-corrected chi connectivity index (χ1v) is 8.54. The Morgan fingerprint density at radius 1 is 1.21 bits per heavy atom. The summed E-state index contributed by atoms with van der Waals surface area (Å²) < 4.78 is 5.27. The van der Waals surface area contributed by atoms with Gasteiger partial charge in [-0.1, -0.05) is 6.42 Å². The number of amides is 1. The predicted octanol–water partition coefficient (Wildman–Crippen LogP) is 1.99. The molecule has 4 heterocycles. The Kier molecular flexibility index (Phi) is 3.98. The van der Waals surface area contributed by atoms with Gasteiger partial charge in [0.2, 0.25) is 0 Å². The topological polar surface area (TPSA) is 78.3 Å². The molecule has 126 valence electrons. The summed E-state index contributed by atoms with van der Waals surface area (Å²) in [5.41, 5.74) is 0.334. The summed E-state index contributed by atoms with van der Waals surface area (Å²) in [6, 6.07) is 7.35. The van der Waals surface area contributed by atoms with Gasteiger partial charge < -0.3 is 14.7 Å². The molecule has 2 fully saturated rings. The average Bonchev–Trinajstić information content (AvgIpc) is 3.25. The molecule has 0 aliphatic carbocycles. The summed E-state index contributed by atoms with van der Waals surface area (Å²) in [5.74, 6) is 0.285. The third kappa shape index (κ3) is 2.78. The quantitative estimate of drug-likeness (QED) is 0.904. The van der Waals surface area contributed by atoms with Gasteiger partial charge in [0, 0.05) is 18.6 Å². The van der Waals surface area contributed by atoms with Crippen LogP contribution >= 0.6 is 0 Å². The van der Waals surface area contributed by atoms with Crippen molar-refractivity contribution in [2.45, 2.75) is 37.8 Å². The molecule has 6 nitrogen and oxygen atoms in total. The van der Waals surface area contributed by atoms with E-state index in [0.717, 1.165) is 25.9 Å². The SMILES string of the molecule is O=C(N[C@@H]1CCN2CCCC[C@@H]12)c1ccc(-c2ccco2)[nH]c1=O. The van der Waals surface area contributed by atoms with Crippen molar-refractivity contribution in [2.75, 3.05) is 13.1 Å². The van der Waals surface area contributed by atoms with Gasteiger partial charge in [-0.25, -0.2) is 0 Å². The molecule has 0 saturated carbocycles. The third-order valence-corrected chi connectivity index (χ3v) is 5.11. The molecule has 0 unspecified atom stereocenters. The minimum absolute atomic E-state index is 0.141. The zero-order chi connectivity index (χ0) is 16.5. The van der Waals surface area contributed by atoms with Gasteiger partial charge in [0.25, 0.3) is 11.5 Å². The number of hydrogen-bond donors (Lipinski definition) is 2. The number of rotatable bonds is 3. The van der Waals surface area contributed by atoms with Gasteiger partial charge in [0.05, 0.1) is 12.0 Å². The van der Waals surface area contributed by atoms with E-state index in [2.05, 4.69) is 15.2 Å². The number of hydrogen-bond acceptors (Lipinski definition) is 4. The highest BCUT2D eigenvalue weighted by molar-refractivity contribution is 5.94. The molecule has 2 saturated heterocycles. The highest BCUT2D eigenvalue weighted by Crippen LogP contribution is 2.27. The number of nitrogens with zero attached hydrogens (tertiary/aromatic N) is 1. The Morgan fingerprint density at radius 2 is 2.12 bits per heavy atom. The van der Waals surface area contributed by atoms with Crippen LogP contribution < -0.4 is 10.9 Å². The Labute approximate surface area is 139 Å². The third-order valence-electron chi connectivity index (χ3n) is 5.11. The molecule has 1 amide bonds. The normalized spacial score (nSPS) is 23.8. The van der Waals surface area contributed by atoms with Gasteiger partial charge in [0.15, 0.2) is 0 Å². The largest absolute Gasteiger partial charge is 0.463 e. The first kappa shape index (κ1) is 15.2. The van der Waals surface area contributed by atoms with E-state index in [1.807, 2.05) is 0 Å². The summed E-state index contributed by atoms with van der Waals surface area (Å²) in [7, 11) is 0. The Balaban J connectivity index is 1.49. The van der Waals surface area contributed by atoms with Gasteiger partial charge in [-0.2, -0.15) is 0 Å². The smallest absolute Gasteiger partial charge is 0.261 e. The van der Waals surface area contributed by atoms with E-state index in [-0.39, 0.29) is 23.1 Å². The number of pyridine rings is 1. The number of H-pyrrole nitrogens is 1. The number of piperidine rings is 1. The first-order valence-electron chi connectivity index (χ1n) is 8.54. The van der Waals surface area contributed by atoms with Crippen LogP contribution in [-0.4, -0.2) is 41.0 Å². The Hall–Kier alpha value is -2.34. The van der Waals surface area contributed by atoms with E-state index in [0.29, 0.717) is 17.5 Å². The van der Waals surface area contributed by atoms with E-state index in [1.165, 1.54) is 12.8 Å². The lowest BCUT2D eigenvalue weighted by Gasteiger charge is -2.32. The standard InChI is InChI=1S/C18H21N3O3/c22-17(19-13-8-10-21-9-2-1-4-15(13)21)12-6-7-14(20-18(12)23)16-5-3-11-24-16/h3,5-7,11,13,15H,1-2,4,8-10H2,(H,19,22)(H,20,23)/t13-,15+/m1/s1. The summed E-state index contributed by atoms with van der Waals surface area (Å²) in [4.78, 5) is 30.0. The molecular weight excluding hydrogens is 306 g/mol. The van der Waals surface area contributed by atoms with E-state index < -0.39 is 0 Å². The minimum atomic E-state index is -0.389. The van der Waals surface area contributed by atoms with Crippen LogP contribution in [0, 0.1) is 0 Å². The summed E-state index contributed by atoms with van der Waals surface area (Å²) in [5, 5.41) is 3.07. The highest BCUT2D eigenvalue weighted by atomic mass is 16.3. The maximum atomic E-state index is 12.5. The van der Waals surface area contributed by atoms with Crippen molar-refractivity contribution in [2.24, 2.45) is 0 Å². The van der Waals surface area contributed by atoms with Crippen molar-refractivity contribution < 1.29 is 9.21 Å². The second-order valence-electron chi connectivity index (χ2n) is 6.56. The van der Waals surface area contributed by atoms with Crippen molar-refractivity contribution in [1.82, 2.24) is 15.2 Å². The molecule has 2 aromatic heterocycles. The van der Waals surface area contributed by atoms with Gasteiger partial charge in [-0.15, -0.1) is 0 Å². The zero-order valence-corrected chi connectivity index (χ0v) is 13.5. The summed E-state index contributed by atoms with van der Waals surface area (Å²) in [6.07, 6.45) is 6.08. The monoisotopic (exact) mass is 327 g/mol. The summed E-state index contributed by atoms with van der Waals surface area (Å²) >= 11 is 0. The molecule has 6 heteroatoms. The molecule has 0 spiro atoms. The number of furan rings is 1. The average molecular weight is 327 g/mol. The van der Waals surface area contributed by atoms with Crippen LogP contribution in [0.25, 0.3) is 11.5 Å². The van der Waals surface area contributed by atoms with Gasteiger partial charge in [0.1, 0.15) is 11.3 Å². The van der Waals surface area contributed by atoms with Gasteiger partial charge in [-0.05, 0) is 50.1 Å². The molecule has 0 radical (unpaired) electrons. The second-order valence-corrected chi connectivity index (χ2v) is 6.56. The molecular formula is C18H21N3O3. The number of carbonyl (C=O) groups excluding carboxylic acids is 1. The van der Waals surface area contributed by atoms with Crippen LogP contribution in [-0.2, 0) is 0 Å². The number of fused-ring (bicyclic) bond motifs is 1. The molecule has 2 aromatic rings. The van der Waals surface area contributed by atoms with Crippen molar-refractivity contribution in [3.8, 4) is 11.5 Å². The van der Waals surface area contributed by atoms with E-state index in [9.17, 15) is 9.59 Å². The molecule has 2 atom stereocenters. The highest BCUT2D eigenvalue weighted by Gasteiger charge is 2.36. The molecule has 2 aliphatic heterocycles. The van der Waals surface area contributed by atoms with Crippen molar-refractivity contribution in [3.05, 3.63) is 46.4 Å². The van der Waals surface area contributed by atoms with Crippen LogP contribution in [0.4, 0.5) is 0 Å². The molecule has 0 bridgehead atoms. The van der Waals surface area contributed by atoms with Crippen LogP contribution in [0.15, 0.2) is 39.7 Å². The van der Waals surface area contributed by atoms with E-state index in [1.54, 1.807) is 30.5 Å². The summed E-state index contributed by atoms with van der Waals surface area (Å²) in [6.45, 7) is 2.15. The van der Waals surface area contributed by atoms with Crippen LogP contribution in [0.3, 0.4) is 0 Å². The van der Waals surface area contributed by atoms with Crippen molar-refractivity contribution in [3.63, 3.8) is 0 Å². The fraction of sp³-hybridized carbons (Fsp3) is 0.444. The van der Waals surface area contributed by atoms with Crippen LogP contribution in [0.1, 0.15) is 36.0 Å². The van der Waals surface area contributed by atoms with Crippen molar-refractivity contribution in [1.29, 1.82) is 0 Å². The maximum Gasteiger partial charge on any atom is 0.261 e. The number of aromatic amines is 1. The zero-order valence-electron chi connectivity index (χ0n) is 13.5. The fourth-order valence-corrected chi connectivity index (χ4v) is 3.89. The Morgan fingerprint density at radius 3 is 2.92 bits per heavy atom. The van der Waals surface area contributed by atoms with Gasteiger partial charge in [-0.3, -0.25) is 14.5 Å².